The Kier molecular flexibility index (Phi) is 6.35. The smallest absolute Gasteiger partial charge is 0.338 e. The topological polar surface area (TPSA) is 130 Å². The van der Waals surface area contributed by atoms with E-state index in [4.69, 9.17) is 18.6 Å². The van der Waals surface area contributed by atoms with Crippen molar-refractivity contribution in [3.63, 3.8) is 0 Å². The number of hydrogen-bond acceptors (Lipinski definition) is 9. The maximum absolute atomic E-state index is 13.8. The van der Waals surface area contributed by atoms with Crippen LogP contribution in [0.5, 0.6) is 11.5 Å². The first-order valence-electron chi connectivity index (χ1n) is 12.4. The fraction of sp³-hybridized carbons (Fsp3) is 0.172. The van der Waals surface area contributed by atoms with Crippen molar-refractivity contribution in [3.05, 3.63) is 102 Å². The van der Waals surface area contributed by atoms with Gasteiger partial charge in [-0.3, -0.25) is 9.36 Å². The van der Waals surface area contributed by atoms with Crippen LogP contribution in [0.25, 0.3) is 17.4 Å². The number of thiazole rings is 1. The second-order valence-electron chi connectivity index (χ2n) is 8.97. The van der Waals surface area contributed by atoms with E-state index in [2.05, 4.69) is 4.99 Å². The summed E-state index contributed by atoms with van der Waals surface area (Å²) in [6.45, 7) is 3.68. The number of allylic oxidation sites excluding steroid dienone is 1. The molecule has 0 fully saturated rings. The predicted molar refractivity (Wildman–Crippen MR) is 144 cm³/mol. The van der Waals surface area contributed by atoms with Crippen molar-refractivity contribution < 1.29 is 33.3 Å². The number of fused-ring (bicyclic) bond motifs is 2. The van der Waals surface area contributed by atoms with E-state index in [1.807, 2.05) is 0 Å². The second-order valence-corrected chi connectivity index (χ2v) is 9.98. The molecule has 1 unspecified atom stereocenters. The molecule has 2 aromatic heterocycles. The van der Waals surface area contributed by atoms with Gasteiger partial charge in [0, 0.05) is 11.6 Å². The highest BCUT2D eigenvalue weighted by Crippen LogP contribution is 2.38. The Balaban J connectivity index is 1.48. The van der Waals surface area contributed by atoms with Crippen molar-refractivity contribution in [1.82, 2.24) is 4.57 Å². The molecule has 2 aliphatic rings. The monoisotopic (exact) mass is 558 g/mol. The number of ether oxygens (including phenoxy) is 3. The summed E-state index contributed by atoms with van der Waals surface area (Å²) in [5.74, 6) is 0.179. The van der Waals surface area contributed by atoms with E-state index in [0.717, 1.165) is 11.3 Å². The van der Waals surface area contributed by atoms with Gasteiger partial charge in [0.15, 0.2) is 16.3 Å². The fourth-order valence-electron chi connectivity index (χ4n) is 4.78. The minimum Gasteiger partial charge on any atom is -0.478 e. The minimum atomic E-state index is -1.07. The number of benzene rings is 2. The maximum atomic E-state index is 13.8. The van der Waals surface area contributed by atoms with Gasteiger partial charge in [-0.1, -0.05) is 35.6 Å². The Morgan fingerprint density at radius 3 is 2.75 bits per heavy atom. The van der Waals surface area contributed by atoms with Crippen LogP contribution >= 0.6 is 11.3 Å². The molecule has 11 heteroatoms. The Labute approximate surface area is 230 Å². The van der Waals surface area contributed by atoms with Crippen LogP contribution in [0.1, 0.15) is 41.6 Å². The number of esters is 1. The molecule has 6 rings (SSSR count). The summed E-state index contributed by atoms with van der Waals surface area (Å²) in [6, 6.07) is 14.3. The van der Waals surface area contributed by atoms with Crippen molar-refractivity contribution in [1.29, 1.82) is 0 Å². The molecule has 0 spiro atoms. The van der Waals surface area contributed by atoms with Gasteiger partial charge in [-0.25, -0.2) is 14.6 Å². The third-order valence-corrected chi connectivity index (χ3v) is 7.54. The number of aromatic nitrogens is 1. The molecular formula is C29H22N2O8S. The van der Waals surface area contributed by atoms with Crippen molar-refractivity contribution in [3.8, 4) is 22.8 Å². The third-order valence-electron chi connectivity index (χ3n) is 6.55. The average molecular weight is 559 g/mol. The molecule has 0 amide bonds. The highest BCUT2D eigenvalue weighted by Gasteiger charge is 2.34. The van der Waals surface area contributed by atoms with E-state index in [1.54, 1.807) is 68.5 Å². The number of furan rings is 1. The van der Waals surface area contributed by atoms with Crippen molar-refractivity contribution in [2.75, 3.05) is 13.4 Å². The quantitative estimate of drug-likeness (QED) is 0.356. The first kappa shape index (κ1) is 25.4. The van der Waals surface area contributed by atoms with Gasteiger partial charge in [-0.2, -0.15) is 0 Å². The Morgan fingerprint density at radius 2 is 1.95 bits per heavy atom. The number of aromatic carboxylic acids is 1. The summed E-state index contributed by atoms with van der Waals surface area (Å²) >= 11 is 1.16. The van der Waals surface area contributed by atoms with Gasteiger partial charge in [-0.15, -0.1) is 0 Å². The summed E-state index contributed by atoms with van der Waals surface area (Å²) in [6.07, 6.45) is 1.58. The van der Waals surface area contributed by atoms with E-state index < -0.39 is 18.0 Å². The zero-order chi connectivity index (χ0) is 28.0. The van der Waals surface area contributed by atoms with Crippen LogP contribution < -0.4 is 24.4 Å². The lowest BCUT2D eigenvalue weighted by atomic mass is 9.95. The molecule has 202 valence electrons. The molecule has 1 atom stereocenters. The first-order chi connectivity index (χ1) is 19.4. The SMILES string of the molecule is CCOC(=O)C1=C(C)N=c2sc(=Cc3ccc(-c4ccccc4C(=O)O)o3)c(=O)n2C1c1ccc2c(c1)OCO2. The Morgan fingerprint density at radius 1 is 1.15 bits per heavy atom. The molecule has 4 aromatic rings. The molecule has 1 N–H and O–H groups in total. The summed E-state index contributed by atoms with van der Waals surface area (Å²) in [5.41, 5.74) is 1.50. The molecule has 4 heterocycles. The van der Waals surface area contributed by atoms with E-state index >= 15 is 0 Å². The van der Waals surface area contributed by atoms with Gasteiger partial charge >= 0.3 is 11.9 Å². The second kappa shape index (κ2) is 10.0. The van der Waals surface area contributed by atoms with Gasteiger partial charge in [0.2, 0.25) is 6.79 Å². The van der Waals surface area contributed by atoms with Crippen LogP contribution in [0.4, 0.5) is 0 Å². The molecular weight excluding hydrogens is 536 g/mol. The third kappa shape index (κ3) is 4.30. The highest BCUT2D eigenvalue weighted by molar-refractivity contribution is 7.07. The number of carbonyl (C=O) groups is 2. The minimum absolute atomic E-state index is 0.0865. The molecule has 2 aromatic carbocycles. The van der Waals surface area contributed by atoms with Crippen LogP contribution in [-0.4, -0.2) is 35.0 Å². The lowest BCUT2D eigenvalue weighted by Crippen LogP contribution is -2.39. The van der Waals surface area contributed by atoms with Crippen LogP contribution in [0.15, 0.2) is 80.1 Å². The number of nitrogens with zero attached hydrogens (tertiary/aromatic N) is 2. The number of rotatable bonds is 6. The summed E-state index contributed by atoms with van der Waals surface area (Å²) in [7, 11) is 0. The van der Waals surface area contributed by atoms with Gasteiger partial charge in [0.05, 0.1) is 34.0 Å². The van der Waals surface area contributed by atoms with Gasteiger partial charge < -0.3 is 23.7 Å². The normalized spacial score (nSPS) is 16.1. The molecule has 2 aliphatic heterocycles. The lowest BCUT2D eigenvalue weighted by Gasteiger charge is -2.24. The largest absolute Gasteiger partial charge is 0.478 e. The predicted octanol–water partition coefficient (Wildman–Crippen LogP) is 3.49. The first-order valence-corrected chi connectivity index (χ1v) is 13.2. The summed E-state index contributed by atoms with van der Waals surface area (Å²) in [5, 5.41) is 9.53. The zero-order valence-corrected chi connectivity index (χ0v) is 22.2. The average Bonchev–Trinajstić information content (AvgIpc) is 3.67. The lowest BCUT2D eigenvalue weighted by molar-refractivity contribution is -0.139. The summed E-state index contributed by atoms with van der Waals surface area (Å²) < 4.78 is 24.0. The molecule has 0 aliphatic carbocycles. The van der Waals surface area contributed by atoms with E-state index in [-0.39, 0.29) is 30.1 Å². The number of carboxylic acids is 1. The van der Waals surface area contributed by atoms with Crippen LogP contribution in [-0.2, 0) is 9.53 Å². The van der Waals surface area contributed by atoms with Crippen LogP contribution in [0, 0.1) is 0 Å². The van der Waals surface area contributed by atoms with Gasteiger partial charge in [0.1, 0.15) is 11.5 Å². The standard InChI is InChI=1S/C29H22N2O8S/c1-3-36-28(35)24-15(2)30-29-31(25(24)16-8-10-21-22(12-16)38-14-37-21)26(32)23(40-29)13-17-9-11-20(39-17)18-6-4-5-7-19(18)27(33)34/h4-13,25H,3,14H2,1-2H3,(H,33,34). The van der Waals surface area contributed by atoms with Crippen LogP contribution in [0.3, 0.4) is 0 Å². The molecule has 0 bridgehead atoms. The number of hydrogen-bond donors (Lipinski definition) is 1. The summed E-state index contributed by atoms with van der Waals surface area (Å²) in [4.78, 5) is 43.5. The van der Waals surface area contributed by atoms with Crippen molar-refractivity contribution in [2.45, 2.75) is 19.9 Å². The Hall–Kier alpha value is -4.90. The van der Waals surface area contributed by atoms with E-state index in [0.29, 0.717) is 49.2 Å². The molecule has 40 heavy (non-hydrogen) atoms. The molecule has 0 saturated carbocycles. The zero-order valence-electron chi connectivity index (χ0n) is 21.4. The molecule has 0 radical (unpaired) electrons. The molecule has 10 nitrogen and oxygen atoms in total. The number of carbonyl (C=O) groups excluding carboxylic acids is 1. The maximum Gasteiger partial charge on any atom is 0.338 e. The van der Waals surface area contributed by atoms with Crippen molar-refractivity contribution in [2.24, 2.45) is 4.99 Å². The van der Waals surface area contributed by atoms with Gasteiger partial charge in [0.25, 0.3) is 5.56 Å². The van der Waals surface area contributed by atoms with Crippen molar-refractivity contribution >= 4 is 29.4 Å². The highest BCUT2D eigenvalue weighted by atomic mass is 32.1. The van der Waals surface area contributed by atoms with Gasteiger partial charge in [-0.05, 0) is 49.7 Å². The fourth-order valence-corrected chi connectivity index (χ4v) is 5.81. The Bertz CT molecular complexity index is 1890. The van der Waals surface area contributed by atoms with E-state index in [9.17, 15) is 19.5 Å². The van der Waals surface area contributed by atoms with E-state index in [1.165, 1.54) is 10.6 Å². The van der Waals surface area contributed by atoms with Crippen LogP contribution in [0.2, 0.25) is 0 Å². The molecule has 0 saturated heterocycles. The number of carboxylic acid groups (broad SMARTS) is 1.